The SMILES string of the molecule is O=[SH-]=O.[O-2].[O-2].[Zr+4]. The Hall–Kier alpha value is 0.753. The summed E-state index contributed by atoms with van der Waals surface area (Å²) in [5.41, 5.74) is 0. The molecular formula is HO4SZr-. The Morgan fingerprint density at radius 1 is 1.00 bits per heavy atom. The van der Waals surface area contributed by atoms with Crippen LogP contribution in [0.2, 0.25) is 0 Å². The van der Waals surface area contributed by atoms with E-state index in [2.05, 4.69) is 0 Å². The van der Waals surface area contributed by atoms with Gasteiger partial charge in [-0.2, -0.15) is 0 Å². The molecule has 0 saturated carbocycles. The molecular weight excluding hydrogens is 187 g/mol. The zero-order chi connectivity index (χ0) is 2.71. The van der Waals surface area contributed by atoms with Crippen molar-refractivity contribution >= 4 is 11.6 Å². The summed E-state index contributed by atoms with van der Waals surface area (Å²) >= 11 is -1.08. The molecule has 0 spiro atoms. The molecule has 0 atom stereocenters. The molecule has 6 heavy (non-hydrogen) atoms. The molecule has 6 heteroatoms. The Morgan fingerprint density at radius 2 is 1.00 bits per heavy atom. The molecule has 0 rings (SSSR count). The van der Waals surface area contributed by atoms with Crippen molar-refractivity contribution in [2.45, 2.75) is 0 Å². The van der Waals surface area contributed by atoms with E-state index in [1.54, 1.807) is 0 Å². The van der Waals surface area contributed by atoms with Crippen LogP contribution in [0, 0.1) is 0 Å². The molecule has 0 fully saturated rings. The molecule has 0 aliphatic rings. The second-order valence-electron chi connectivity index (χ2n) is 0.0745. The smallest absolute Gasteiger partial charge is 2.00 e. The van der Waals surface area contributed by atoms with Gasteiger partial charge in [-0.05, 0) is 0 Å². The second kappa shape index (κ2) is 42.3. The van der Waals surface area contributed by atoms with Crippen molar-refractivity contribution in [2.75, 3.05) is 0 Å². The summed E-state index contributed by atoms with van der Waals surface area (Å²) in [6.45, 7) is 0. The summed E-state index contributed by atoms with van der Waals surface area (Å²) in [5, 5.41) is 0. The van der Waals surface area contributed by atoms with Crippen molar-refractivity contribution in [2.24, 2.45) is 0 Å². The first kappa shape index (κ1) is 29.5. The average Bonchev–Trinajstić information content (AvgIpc) is 0.918. The third-order valence-electron chi connectivity index (χ3n) is 0. The molecule has 0 amide bonds. The normalized spacial score (nSPS) is 2.67. The fourth-order valence-corrected chi connectivity index (χ4v) is 0. The zero-order valence-electron chi connectivity index (χ0n) is 2.58. The summed E-state index contributed by atoms with van der Waals surface area (Å²) in [4.78, 5) is 0. The fraction of sp³-hybridized carbons (Fsp3) is 0. The van der Waals surface area contributed by atoms with E-state index in [9.17, 15) is 0 Å². The van der Waals surface area contributed by atoms with E-state index in [4.69, 9.17) is 8.42 Å². The predicted octanol–water partition coefficient (Wildman–Crippen LogP) is -0.748. The molecule has 0 radical (unpaired) electrons. The standard InChI is InChI=1S/HO2S.2O.Zr/c1-3-2;;;/h3H;;;/q-1;2*-2;+4. The van der Waals surface area contributed by atoms with Crippen LogP contribution < -0.4 is 0 Å². The number of rotatable bonds is 0. The van der Waals surface area contributed by atoms with Gasteiger partial charge in [0.25, 0.3) is 0 Å². The summed E-state index contributed by atoms with van der Waals surface area (Å²) in [5.74, 6) is 0. The zero-order valence-corrected chi connectivity index (χ0v) is 5.93. The Morgan fingerprint density at radius 3 is 1.00 bits per heavy atom. The Kier molecular flexibility index (Phi) is 208. The molecule has 0 heterocycles. The Labute approximate surface area is 57.3 Å². The van der Waals surface area contributed by atoms with Crippen LogP contribution in [0.3, 0.4) is 0 Å². The van der Waals surface area contributed by atoms with E-state index in [1.807, 2.05) is 0 Å². The van der Waals surface area contributed by atoms with Crippen molar-refractivity contribution in [3.05, 3.63) is 0 Å². The maximum absolute atomic E-state index is 8.35. The first-order valence-electron chi connectivity index (χ1n) is 0.365. The summed E-state index contributed by atoms with van der Waals surface area (Å²) < 4.78 is 16.7. The molecule has 0 aliphatic heterocycles. The molecule has 0 N–H and O–H groups in total. The van der Waals surface area contributed by atoms with Gasteiger partial charge in [0.2, 0.25) is 0 Å². The van der Waals surface area contributed by atoms with Crippen LogP contribution in [0.25, 0.3) is 0 Å². The first-order valence-corrected chi connectivity index (χ1v) is 1.10. The minimum atomic E-state index is -1.08. The molecule has 36 valence electrons. The van der Waals surface area contributed by atoms with Crippen LogP contribution in [-0.2, 0) is 57.1 Å². The van der Waals surface area contributed by atoms with Gasteiger partial charge in [-0.3, -0.25) is 0 Å². The number of hydrogen-bond acceptors (Lipinski definition) is 3. The van der Waals surface area contributed by atoms with Crippen LogP contribution in [-0.4, -0.2) is 0 Å². The third kappa shape index (κ3) is 118. The van der Waals surface area contributed by atoms with E-state index in [1.165, 1.54) is 0 Å². The molecule has 0 unspecified atom stereocenters. The van der Waals surface area contributed by atoms with Crippen molar-refractivity contribution in [3.63, 3.8) is 0 Å². The molecule has 0 aromatic rings. The topological polar surface area (TPSA) is 91.1 Å². The van der Waals surface area contributed by atoms with Gasteiger partial charge in [-0.1, -0.05) is 11.6 Å². The number of hydrogen-bond donors (Lipinski definition) is 0. The van der Waals surface area contributed by atoms with Gasteiger partial charge in [0.05, 0.1) is 0 Å². The maximum atomic E-state index is 8.35. The molecule has 0 aliphatic carbocycles. The average molecular weight is 188 g/mol. The van der Waals surface area contributed by atoms with Crippen molar-refractivity contribution in [3.8, 4) is 0 Å². The van der Waals surface area contributed by atoms with E-state index < -0.39 is 11.6 Å². The maximum Gasteiger partial charge on any atom is 4.00 e. The van der Waals surface area contributed by atoms with Gasteiger partial charge >= 0.3 is 26.2 Å². The van der Waals surface area contributed by atoms with Crippen LogP contribution in [0.15, 0.2) is 0 Å². The van der Waals surface area contributed by atoms with Crippen LogP contribution >= 0.6 is 0 Å². The summed E-state index contributed by atoms with van der Waals surface area (Å²) in [7, 11) is 0. The fourth-order valence-electron chi connectivity index (χ4n) is 0. The Bertz CT molecular complexity index is 28.5. The molecule has 0 aromatic carbocycles. The molecule has 0 aromatic heterocycles. The van der Waals surface area contributed by atoms with E-state index in [0.29, 0.717) is 0 Å². The minimum absolute atomic E-state index is 0. The third-order valence-corrected chi connectivity index (χ3v) is 0. The molecule has 0 bridgehead atoms. The Balaban J connectivity index is -0.00000000667. The van der Waals surface area contributed by atoms with Gasteiger partial charge < -0.3 is 19.4 Å². The number of thiol groups is 1. The summed E-state index contributed by atoms with van der Waals surface area (Å²) in [6, 6.07) is 0. The predicted molar refractivity (Wildman–Crippen MR) is 11.5 cm³/mol. The second-order valence-corrected chi connectivity index (χ2v) is 0.224. The van der Waals surface area contributed by atoms with Crippen LogP contribution in [0.5, 0.6) is 0 Å². The van der Waals surface area contributed by atoms with Crippen LogP contribution in [0.4, 0.5) is 0 Å². The molecule has 4 nitrogen and oxygen atoms in total. The van der Waals surface area contributed by atoms with E-state index in [-0.39, 0.29) is 37.2 Å². The van der Waals surface area contributed by atoms with Gasteiger partial charge in [0, 0.05) is 0 Å². The van der Waals surface area contributed by atoms with Gasteiger partial charge in [0.15, 0.2) is 0 Å². The van der Waals surface area contributed by atoms with E-state index in [0.717, 1.165) is 0 Å². The van der Waals surface area contributed by atoms with Crippen molar-refractivity contribution in [1.82, 2.24) is 0 Å². The van der Waals surface area contributed by atoms with Gasteiger partial charge in [-0.25, -0.2) is 0 Å². The van der Waals surface area contributed by atoms with Crippen molar-refractivity contribution < 1.29 is 45.6 Å². The largest absolute Gasteiger partial charge is 4.00 e. The minimum Gasteiger partial charge on any atom is -2.00 e. The quantitative estimate of drug-likeness (QED) is 0.370. The summed E-state index contributed by atoms with van der Waals surface area (Å²) in [6.07, 6.45) is 0. The van der Waals surface area contributed by atoms with E-state index >= 15 is 0 Å². The van der Waals surface area contributed by atoms with Crippen molar-refractivity contribution in [1.29, 1.82) is 0 Å². The van der Waals surface area contributed by atoms with Gasteiger partial charge in [-0.15, -0.1) is 0 Å². The monoisotopic (exact) mass is 187 g/mol. The van der Waals surface area contributed by atoms with Crippen LogP contribution in [0.1, 0.15) is 0 Å². The molecule has 0 saturated heterocycles. The first-order chi connectivity index (χ1) is 1.41. The van der Waals surface area contributed by atoms with Gasteiger partial charge in [0.1, 0.15) is 0 Å².